The van der Waals surface area contributed by atoms with Crippen molar-refractivity contribution >= 4 is 0 Å². The van der Waals surface area contributed by atoms with E-state index in [1.165, 1.54) is 0 Å². The summed E-state index contributed by atoms with van der Waals surface area (Å²) in [5.41, 5.74) is 1.77. The van der Waals surface area contributed by atoms with E-state index in [-0.39, 0.29) is 13.0 Å². The molecule has 1 unspecified atom stereocenters. The first-order chi connectivity index (χ1) is 9.99. The molecular weight excluding hydrogens is 279 g/mol. The van der Waals surface area contributed by atoms with Crippen LogP contribution in [-0.4, -0.2) is 35.7 Å². The molecule has 1 aromatic rings. The maximum Gasteiger partial charge on any atom is 0.393 e. The average Bonchev–Trinajstić information content (AvgIpc) is 2.45. The van der Waals surface area contributed by atoms with Gasteiger partial charge in [0.25, 0.3) is 0 Å². The number of alkyl halides is 3. The molecule has 1 saturated heterocycles. The summed E-state index contributed by atoms with van der Waals surface area (Å²) in [7, 11) is 0. The van der Waals surface area contributed by atoms with Gasteiger partial charge in [-0.15, -0.1) is 0 Å². The van der Waals surface area contributed by atoms with Gasteiger partial charge in [-0.25, -0.2) is 0 Å². The van der Waals surface area contributed by atoms with E-state index in [1.54, 1.807) is 0 Å². The molecule has 1 N–H and O–H groups in total. The lowest BCUT2D eigenvalue weighted by molar-refractivity contribution is -0.187. The van der Waals surface area contributed by atoms with Crippen LogP contribution in [-0.2, 0) is 13.1 Å². The lowest BCUT2D eigenvalue weighted by Gasteiger charge is -2.33. The Labute approximate surface area is 123 Å². The highest BCUT2D eigenvalue weighted by molar-refractivity contribution is 5.11. The van der Waals surface area contributed by atoms with E-state index >= 15 is 0 Å². The average molecular weight is 301 g/mol. The third kappa shape index (κ3) is 4.97. The third-order valence-electron chi connectivity index (χ3n) is 3.77. The van der Waals surface area contributed by atoms with Crippen molar-refractivity contribution in [2.24, 2.45) is 5.92 Å². The van der Waals surface area contributed by atoms with Crippen molar-refractivity contribution in [2.45, 2.75) is 39.0 Å². The molecule has 1 aliphatic rings. The normalized spacial score (nSPS) is 20.7. The van der Waals surface area contributed by atoms with Crippen molar-refractivity contribution in [2.75, 3.05) is 19.6 Å². The Balaban J connectivity index is 1.94. The fourth-order valence-electron chi connectivity index (χ4n) is 2.66. The second-order valence-electron chi connectivity index (χ2n) is 5.52. The number of pyridine rings is 1. The van der Waals surface area contributed by atoms with Crippen LogP contribution in [0.5, 0.6) is 0 Å². The Kier molecular flexibility index (Phi) is 5.58. The van der Waals surface area contributed by atoms with Crippen molar-refractivity contribution in [1.82, 2.24) is 15.2 Å². The Hall–Kier alpha value is -1.14. The fraction of sp³-hybridized carbons (Fsp3) is 0.667. The molecule has 3 nitrogen and oxygen atoms in total. The molecule has 0 aromatic carbocycles. The van der Waals surface area contributed by atoms with Gasteiger partial charge in [0.2, 0.25) is 0 Å². The van der Waals surface area contributed by atoms with Gasteiger partial charge in [-0.2, -0.15) is 13.2 Å². The van der Waals surface area contributed by atoms with Crippen LogP contribution in [0, 0.1) is 5.92 Å². The lowest BCUT2D eigenvalue weighted by Crippen LogP contribution is -2.41. The number of hydrogen-bond acceptors (Lipinski definition) is 3. The van der Waals surface area contributed by atoms with Crippen LogP contribution >= 0.6 is 0 Å². The van der Waals surface area contributed by atoms with Gasteiger partial charge in [-0.05, 0) is 38.1 Å². The van der Waals surface area contributed by atoms with E-state index in [9.17, 15) is 13.2 Å². The Morgan fingerprint density at radius 1 is 1.33 bits per heavy atom. The highest BCUT2D eigenvalue weighted by Crippen LogP contribution is 2.33. The molecule has 0 bridgehead atoms. The summed E-state index contributed by atoms with van der Waals surface area (Å²) >= 11 is 0. The Morgan fingerprint density at radius 2 is 2.10 bits per heavy atom. The molecule has 0 amide bonds. The number of piperidine rings is 1. The van der Waals surface area contributed by atoms with Crippen LogP contribution in [0.25, 0.3) is 0 Å². The molecule has 2 rings (SSSR count). The molecule has 6 heteroatoms. The van der Waals surface area contributed by atoms with Gasteiger partial charge in [-0.1, -0.05) is 13.0 Å². The summed E-state index contributed by atoms with van der Waals surface area (Å²) in [6, 6.07) is 5.73. The second-order valence-corrected chi connectivity index (χ2v) is 5.52. The largest absolute Gasteiger partial charge is 0.393 e. The topological polar surface area (TPSA) is 28.2 Å². The SMILES string of the molecule is CCNCc1cccc(CN2CCCC(C(F)(F)F)C2)n1. The van der Waals surface area contributed by atoms with Crippen LogP contribution in [0.1, 0.15) is 31.2 Å². The molecule has 1 aliphatic heterocycles. The monoisotopic (exact) mass is 301 g/mol. The highest BCUT2D eigenvalue weighted by Gasteiger charge is 2.41. The summed E-state index contributed by atoms with van der Waals surface area (Å²) in [4.78, 5) is 6.37. The maximum atomic E-state index is 12.8. The van der Waals surface area contributed by atoms with E-state index in [0.717, 1.165) is 17.9 Å². The Bertz CT molecular complexity index is 448. The molecule has 1 fully saturated rings. The van der Waals surface area contributed by atoms with E-state index in [4.69, 9.17) is 0 Å². The van der Waals surface area contributed by atoms with Gasteiger partial charge < -0.3 is 5.32 Å². The predicted molar refractivity (Wildman–Crippen MR) is 75.7 cm³/mol. The third-order valence-corrected chi connectivity index (χ3v) is 3.77. The summed E-state index contributed by atoms with van der Waals surface area (Å²) < 4.78 is 38.4. The van der Waals surface area contributed by atoms with Crippen LogP contribution in [0.2, 0.25) is 0 Å². The van der Waals surface area contributed by atoms with Crippen molar-refractivity contribution in [3.8, 4) is 0 Å². The summed E-state index contributed by atoms with van der Waals surface area (Å²) in [6.07, 6.45) is -3.24. The first kappa shape index (κ1) is 16.2. The molecule has 1 aromatic heterocycles. The summed E-state index contributed by atoms with van der Waals surface area (Å²) in [5, 5.41) is 3.20. The zero-order chi connectivity index (χ0) is 15.3. The van der Waals surface area contributed by atoms with Crippen molar-refractivity contribution < 1.29 is 13.2 Å². The zero-order valence-electron chi connectivity index (χ0n) is 12.3. The fourth-order valence-corrected chi connectivity index (χ4v) is 2.66. The molecule has 2 heterocycles. The van der Waals surface area contributed by atoms with Gasteiger partial charge in [0.1, 0.15) is 0 Å². The number of halogens is 3. The van der Waals surface area contributed by atoms with Crippen LogP contribution in [0.4, 0.5) is 13.2 Å². The number of hydrogen-bond donors (Lipinski definition) is 1. The second kappa shape index (κ2) is 7.22. The minimum absolute atomic E-state index is 0.0859. The quantitative estimate of drug-likeness (QED) is 0.906. The molecular formula is C15H22F3N3. The summed E-state index contributed by atoms with van der Waals surface area (Å²) in [5.74, 6) is -1.20. The minimum atomic E-state index is -4.08. The number of nitrogens with zero attached hydrogens (tertiary/aromatic N) is 2. The molecule has 0 saturated carbocycles. The first-order valence-electron chi connectivity index (χ1n) is 7.43. The van der Waals surface area contributed by atoms with Crippen LogP contribution in [0.15, 0.2) is 18.2 Å². The number of nitrogens with one attached hydrogen (secondary N) is 1. The minimum Gasteiger partial charge on any atom is -0.311 e. The lowest BCUT2D eigenvalue weighted by atomic mass is 9.97. The summed E-state index contributed by atoms with van der Waals surface area (Å²) in [6.45, 7) is 4.87. The van der Waals surface area contributed by atoms with Crippen molar-refractivity contribution in [3.05, 3.63) is 29.6 Å². The van der Waals surface area contributed by atoms with E-state index in [1.807, 2.05) is 30.0 Å². The number of aromatic nitrogens is 1. The highest BCUT2D eigenvalue weighted by atomic mass is 19.4. The van der Waals surface area contributed by atoms with Gasteiger partial charge in [0.15, 0.2) is 0 Å². The standard InChI is InChI=1S/C15H22F3N3/c1-2-19-9-13-6-3-7-14(20-13)11-21-8-4-5-12(10-21)15(16,17)18/h3,6-7,12,19H,2,4-5,8-11H2,1H3. The number of rotatable bonds is 5. The van der Waals surface area contributed by atoms with Gasteiger partial charge in [0, 0.05) is 19.6 Å². The smallest absolute Gasteiger partial charge is 0.311 e. The molecule has 0 spiro atoms. The molecule has 118 valence electrons. The van der Waals surface area contributed by atoms with Crippen molar-refractivity contribution in [3.63, 3.8) is 0 Å². The molecule has 0 radical (unpaired) electrons. The van der Waals surface area contributed by atoms with Crippen LogP contribution in [0.3, 0.4) is 0 Å². The van der Waals surface area contributed by atoms with Gasteiger partial charge in [0.05, 0.1) is 17.3 Å². The van der Waals surface area contributed by atoms with Crippen molar-refractivity contribution in [1.29, 1.82) is 0 Å². The predicted octanol–water partition coefficient (Wildman–Crippen LogP) is 2.97. The van der Waals surface area contributed by atoms with E-state index in [0.29, 0.717) is 26.1 Å². The first-order valence-corrected chi connectivity index (χ1v) is 7.43. The van der Waals surface area contributed by atoms with Crippen LogP contribution < -0.4 is 5.32 Å². The van der Waals surface area contributed by atoms with Gasteiger partial charge in [-0.3, -0.25) is 9.88 Å². The number of likely N-dealkylation sites (tertiary alicyclic amines) is 1. The maximum absolute atomic E-state index is 12.8. The zero-order valence-corrected chi connectivity index (χ0v) is 12.3. The van der Waals surface area contributed by atoms with Gasteiger partial charge >= 0.3 is 6.18 Å². The van der Waals surface area contributed by atoms with E-state index < -0.39 is 12.1 Å². The molecule has 1 atom stereocenters. The molecule has 0 aliphatic carbocycles. The van der Waals surface area contributed by atoms with E-state index in [2.05, 4.69) is 10.3 Å². The molecule has 21 heavy (non-hydrogen) atoms. The Morgan fingerprint density at radius 3 is 2.81 bits per heavy atom.